The summed E-state index contributed by atoms with van der Waals surface area (Å²) in [5.41, 5.74) is 2.68. The van der Waals surface area contributed by atoms with Crippen molar-refractivity contribution in [2.45, 2.75) is 0 Å². The van der Waals surface area contributed by atoms with Gasteiger partial charge in [-0.2, -0.15) is 5.10 Å². The van der Waals surface area contributed by atoms with E-state index in [9.17, 15) is 4.39 Å². The van der Waals surface area contributed by atoms with E-state index in [-0.39, 0.29) is 5.82 Å². The van der Waals surface area contributed by atoms with Gasteiger partial charge in [0, 0.05) is 22.5 Å². The molecule has 0 bridgehead atoms. The standard InChI is InChI=1S/C17H13BrFN3S/c1-20-17-22(21-10-12-3-2-4-15(19)9-12)16(11-23-17)13-5-7-14(18)8-6-13/h2-11H,1H3/b20-17?,21-10+. The van der Waals surface area contributed by atoms with Crippen LogP contribution >= 0.6 is 27.3 Å². The van der Waals surface area contributed by atoms with Gasteiger partial charge in [-0.05, 0) is 29.8 Å². The topological polar surface area (TPSA) is 29.6 Å². The Kier molecular flexibility index (Phi) is 4.83. The van der Waals surface area contributed by atoms with Crippen molar-refractivity contribution >= 4 is 33.5 Å². The van der Waals surface area contributed by atoms with Gasteiger partial charge in [0.25, 0.3) is 0 Å². The fourth-order valence-corrected chi connectivity index (χ4v) is 3.16. The second-order valence-electron chi connectivity index (χ2n) is 4.75. The van der Waals surface area contributed by atoms with Crippen molar-refractivity contribution in [3.05, 3.63) is 74.6 Å². The first kappa shape index (κ1) is 15.8. The Balaban J connectivity index is 2.04. The minimum absolute atomic E-state index is 0.280. The lowest BCUT2D eigenvalue weighted by Gasteiger charge is -2.03. The van der Waals surface area contributed by atoms with Gasteiger partial charge in [0.1, 0.15) is 5.82 Å². The number of aromatic nitrogens is 1. The number of hydrogen-bond acceptors (Lipinski definition) is 3. The Labute approximate surface area is 145 Å². The molecule has 0 aliphatic rings. The van der Waals surface area contributed by atoms with Crippen LogP contribution in [-0.2, 0) is 0 Å². The average molecular weight is 390 g/mol. The van der Waals surface area contributed by atoms with Crippen LogP contribution in [0.5, 0.6) is 0 Å². The molecule has 0 aliphatic carbocycles. The van der Waals surface area contributed by atoms with E-state index in [1.54, 1.807) is 24.0 Å². The van der Waals surface area contributed by atoms with Crippen LogP contribution < -0.4 is 4.80 Å². The SMILES string of the molecule is CN=c1scc(-c2ccc(Br)cc2)n1/N=C/c1cccc(F)c1. The van der Waals surface area contributed by atoms with Crippen molar-refractivity contribution in [3.63, 3.8) is 0 Å². The van der Waals surface area contributed by atoms with Gasteiger partial charge in [-0.1, -0.05) is 40.2 Å². The minimum Gasteiger partial charge on any atom is -0.261 e. The lowest BCUT2D eigenvalue weighted by Crippen LogP contribution is -2.11. The first-order chi connectivity index (χ1) is 11.2. The molecule has 0 amide bonds. The van der Waals surface area contributed by atoms with Crippen LogP contribution in [-0.4, -0.2) is 17.9 Å². The lowest BCUT2D eigenvalue weighted by molar-refractivity contribution is 0.627. The van der Waals surface area contributed by atoms with Gasteiger partial charge in [-0.15, -0.1) is 11.3 Å². The molecular weight excluding hydrogens is 377 g/mol. The summed E-state index contributed by atoms with van der Waals surface area (Å²) in [5, 5.41) is 6.49. The third-order valence-corrected chi connectivity index (χ3v) is 4.62. The minimum atomic E-state index is -0.280. The summed E-state index contributed by atoms with van der Waals surface area (Å²) in [7, 11) is 1.73. The Hall–Kier alpha value is -2.05. The summed E-state index contributed by atoms with van der Waals surface area (Å²) < 4.78 is 16.1. The molecule has 0 atom stereocenters. The fourth-order valence-electron chi connectivity index (χ4n) is 2.09. The Morgan fingerprint density at radius 3 is 2.65 bits per heavy atom. The molecule has 0 radical (unpaired) electrons. The summed E-state index contributed by atoms with van der Waals surface area (Å²) >= 11 is 4.95. The zero-order valence-corrected chi connectivity index (χ0v) is 14.7. The molecule has 0 fully saturated rings. The summed E-state index contributed by atoms with van der Waals surface area (Å²) in [6.45, 7) is 0. The molecule has 0 N–H and O–H groups in total. The summed E-state index contributed by atoms with van der Waals surface area (Å²) in [6, 6.07) is 14.3. The summed E-state index contributed by atoms with van der Waals surface area (Å²) in [4.78, 5) is 5.02. The molecule has 3 nitrogen and oxygen atoms in total. The van der Waals surface area contributed by atoms with E-state index in [0.29, 0.717) is 5.56 Å². The maximum Gasteiger partial charge on any atom is 0.205 e. The second-order valence-corrected chi connectivity index (χ2v) is 6.50. The van der Waals surface area contributed by atoms with Gasteiger partial charge in [0.2, 0.25) is 4.80 Å². The highest BCUT2D eigenvalue weighted by Crippen LogP contribution is 2.22. The van der Waals surface area contributed by atoms with Crippen LogP contribution in [0.25, 0.3) is 11.3 Å². The molecule has 0 saturated carbocycles. The second kappa shape index (κ2) is 7.02. The number of rotatable bonds is 3. The highest BCUT2D eigenvalue weighted by atomic mass is 79.9. The van der Waals surface area contributed by atoms with Crippen LogP contribution in [0, 0.1) is 5.82 Å². The van der Waals surface area contributed by atoms with Crippen molar-refractivity contribution in [2.24, 2.45) is 10.1 Å². The molecule has 1 heterocycles. The van der Waals surface area contributed by atoms with Gasteiger partial charge < -0.3 is 0 Å². The molecular formula is C17H13BrFN3S. The van der Waals surface area contributed by atoms with Crippen molar-refractivity contribution in [1.29, 1.82) is 0 Å². The van der Waals surface area contributed by atoms with E-state index >= 15 is 0 Å². The fraction of sp³-hybridized carbons (Fsp3) is 0.0588. The predicted molar refractivity (Wildman–Crippen MR) is 96.3 cm³/mol. The van der Waals surface area contributed by atoms with E-state index in [1.165, 1.54) is 23.5 Å². The van der Waals surface area contributed by atoms with E-state index in [0.717, 1.165) is 20.5 Å². The summed E-state index contributed by atoms with van der Waals surface area (Å²) in [5.74, 6) is -0.280. The highest BCUT2D eigenvalue weighted by molar-refractivity contribution is 9.10. The molecule has 0 unspecified atom stereocenters. The molecule has 3 aromatic rings. The largest absolute Gasteiger partial charge is 0.261 e. The van der Waals surface area contributed by atoms with Gasteiger partial charge >= 0.3 is 0 Å². The maximum atomic E-state index is 13.3. The number of nitrogens with zero attached hydrogens (tertiary/aromatic N) is 3. The third-order valence-electron chi connectivity index (χ3n) is 3.19. The first-order valence-electron chi connectivity index (χ1n) is 6.86. The van der Waals surface area contributed by atoms with Crippen LogP contribution in [0.4, 0.5) is 4.39 Å². The van der Waals surface area contributed by atoms with E-state index < -0.39 is 0 Å². The maximum absolute atomic E-state index is 13.3. The van der Waals surface area contributed by atoms with Crippen molar-refractivity contribution in [1.82, 2.24) is 4.68 Å². The van der Waals surface area contributed by atoms with Crippen molar-refractivity contribution in [3.8, 4) is 11.3 Å². The zero-order valence-electron chi connectivity index (χ0n) is 12.3. The number of thiazole rings is 1. The normalized spacial score (nSPS) is 12.2. The Morgan fingerprint density at radius 1 is 1.17 bits per heavy atom. The van der Waals surface area contributed by atoms with Gasteiger partial charge in [0.15, 0.2) is 0 Å². The van der Waals surface area contributed by atoms with Gasteiger partial charge in [-0.25, -0.2) is 9.07 Å². The van der Waals surface area contributed by atoms with Crippen LogP contribution in [0.1, 0.15) is 5.56 Å². The molecule has 0 spiro atoms. The molecule has 6 heteroatoms. The quantitative estimate of drug-likeness (QED) is 0.589. The molecule has 23 heavy (non-hydrogen) atoms. The number of hydrogen-bond donors (Lipinski definition) is 0. The van der Waals surface area contributed by atoms with Crippen molar-refractivity contribution < 1.29 is 4.39 Å². The van der Waals surface area contributed by atoms with Crippen molar-refractivity contribution in [2.75, 3.05) is 7.05 Å². The molecule has 1 aromatic heterocycles. The van der Waals surface area contributed by atoms with E-state index in [1.807, 2.05) is 35.7 Å². The lowest BCUT2D eigenvalue weighted by atomic mass is 10.2. The monoisotopic (exact) mass is 389 g/mol. The van der Waals surface area contributed by atoms with Gasteiger partial charge in [-0.3, -0.25) is 4.99 Å². The Bertz CT molecular complexity index is 910. The predicted octanol–water partition coefficient (Wildman–Crippen LogP) is 4.53. The van der Waals surface area contributed by atoms with Gasteiger partial charge in [0.05, 0.1) is 11.9 Å². The third kappa shape index (κ3) is 3.65. The number of halogens is 2. The van der Waals surface area contributed by atoms with Crippen LogP contribution in [0.3, 0.4) is 0 Å². The van der Waals surface area contributed by atoms with Crippen LogP contribution in [0.15, 0.2) is 68.5 Å². The zero-order chi connectivity index (χ0) is 16.2. The smallest absolute Gasteiger partial charge is 0.205 e. The first-order valence-corrected chi connectivity index (χ1v) is 8.54. The Morgan fingerprint density at radius 2 is 1.96 bits per heavy atom. The molecule has 2 aromatic carbocycles. The average Bonchev–Trinajstić information content (AvgIpc) is 2.96. The number of benzene rings is 2. The molecule has 0 saturated heterocycles. The van der Waals surface area contributed by atoms with E-state index in [2.05, 4.69) is 26.0 Å². The van der Waals surface area contributed by atoms with Crippen LogP contribution in [0.2, 0.25) is 0 Å². The molecule has 116 valence electrons. The highest BCUT2D eigenvalue weighted by Gasteiger charge is 2.07. The molecule has 0 aliphatic heterocycles. The van der Waals surface area contributed by atoms with E-state index in [4.69, 9.17) is 0 Å². The molecule has 3 rings (SSSR count). The summed E-state index contributed by atoms with van der Waals surface area (Å²) in [6.07, 6.45) is 1.63.